The molecule has 0 spiro atoms. The van der Waals surface area contributed by atoms with E-state index in [0.717, 1.165) is 32.8 Å². The van der Waals surface area contributed by atoms with Gasteiger partial charge < -0.3 is 29.0 Å². The molecule has 1 aromatic carbocycles. The van der Waals surface area contributed by atoms with E-state index in [1.807, 2.05) is 0 Å². The fraction of sp³-hybridized carbons (Fsp3) is 0.696. The van der Waals surface area contributed by atoms with Gasteiger partial charge in [0.15, 0.2) is 0 Å². The van der Waals surface area contributed by atoms with Gasteiger partial charge in [0.25, 0.3) is 5.91 Å². The number of benzene rings is 1. The summed E-state index contributed by atoms with van der Waals surface area (Å²) < 4.78 is 21.7. The number of hydrogen-bond acceptors (Lipinski definition) is 8. The van der Waals surface area contributed by atoms with Gasteiger partial charge in [-0.25, -0.2) is 0 Å². The highest BCUT2D eigenvalue weighted by Gasteiger charge is 2.27. The minimum Gasteiger partial charge on any atom is -0.497 e. The third kappa shape index (κ3) is 7.68. The van der Waals surface area contributed by atoms with Crippen LogP contribution in [0.15, 0.2) is 24.3 Å². The summed E-state index contributed by atoms with van der Waals surface area (Å²) in [6.07, 6.45) is -0.532. The average molecular weight is 452 g/mol. The van der Waals surface area contributed by atoms with Crippen LogP contribution in [-0.4, -0.2) is 131 Å². The summed E-state index contributed by atoms with van der Waals surface area (Å²) in [7, 11) is 3.23. The quantitative estimate of drug-likeness (QED) is 0.510. The molecule has 180 valence electrons. The Morgan fingerprint density at radius 2 is 1.81 bits per heavy atom. The summed E-state index contributed by atoms with van der Waals surface area (Å²) >= 11 is 0. The summed E-state index contributed by atoms with van der Waals surface area (Å²) in [6.45, 7) is 7.91. The van der Waals surface area contributed by atoms with E-state index >= 15 is 0 Å². The molecule has 0 aliphatic carbocycles. The molecule has 1 N–H and O–H groups in total. The van der Waals surface area contributed by atoms with Gasteiger partial charge in [0.1, 0.15) is 5.75 Å². The molecule has 0 saturated carbocycles. The van der Waals surface area contributed by atoms with E-state index in [0.29, 0.717) is 57.3 Å². The molecule has 1 amide bonds. The van der Waals surface area contributed by atoms with Gasteiger partial charge in [-0.15, -0.1) is 0 Å². The molecule has 0 unspecified atom stereocenters. The number of aliphatic hydroxyl groups is 1. The molecule has 0 radical (unpaired) electrons. The largest absolute Gasteiger partial charge is 0.497 e. The fourth-order valence-electron chi connectivity index (χ4n) is 4.13. The molecule has 32 heavy (non-hydrogen) atoms. The number of nitrogens with zero attached hydrogens (tertiary/aromatic N) is 3. The van der Waals surface area contributed by atoms with Gasteiger partial charge in [-0.1, -0.05) is 0 Å². The summed E-state index contributed by atoms with van der Waals surface area (Å²) in [4.78, 5) is 19.4. The number of hydrogen-bond donors (Lipinski definition) is 1. The number of methoxy groups -OCH3 is 2. The Morgan fingerprint density at radius 1 is 1.12 bits per heavy atom. The lowest BCUT2D eigenvalue weighted by molar-refractivity contribution is -0.0564. The van der Waals surface area contributed by atoms with Crippen LogP contribution in [0, 0.1) is 0 Å². The smallest absolute Gasteiger partial charge is 0.254 e. The number of carbonyl (C=O) groups is 1. The van der Waals surface area contributed by atoms with Crippen LogP contribution >= 0.6 is 0 Å². The Bertz CT molecular complexity index is 683. The molecule has 9 nitrogen and oxygen atoms in total. The number of β-amino-alcohol motifs (C(OH)–C–C–N with tert-alkyl or cyclic N) is 1. The minimum absolute atomic E-state index is 0.0576. The predicted molar refractivity (Wildman–Crippen MR) is 120 cm³/mol. The molecule has 2 fully saturated rings. The first-order valence-corrected chi connectivity index (χ1v) is 11.3. The first-order valence-electron chi connectivity index (χ1n) is 11.3. The molecule has 2 aliphatic rings. The second kappa shape index (κ2) is 13.1. The zero-order valence-corrected chi connectivity index (χ0v) is 19.3. The van der Waals surface area contributed by atoms with E-state index in [1.54, 1.807) is 43.4 Å². The van der Waals surface area contributed by atoms with Crippen molar-refractivity contribution in [2.24, 2.45) is 0 Å². The van der Waals surface area contributed by atoms with E-state index in [1.165, 1.54) is 0 Å². The fourth-order valence-corrected chi connectivity index (χ4v) is 4.13. The highest BCUT2D eigenvalue weighted by molar-refractivity contribution is 5.94. The maximum Gasteiger partial charge on any atom is 0.254 e. The summed E-state index contributed by atoms with van der Waals surface area (Å²) in [5, 5.41) is 10.6. The van der Waals surface area contributed by atoms with Crippen molar-refractivity contribution in [1.82, 2.24) is 14.7 Å². The summed E-state index contributed by atoms with van der Waals surface area (Å²) in [5.74, 6) is 0.657. The molecule has 2 heterocycles. The molecular formula is C23H37N3O6. The van der Waals surface area contributed by atoms with Crippen molar-refractivity contribution >= 4 is 5.91 Å². The highest BCUT2D eigenvalue weighted by atomic mass is 16.5. The van der Waals surface area contributed by atoms with E-state index in [2.05, 4.69) is 9.80 Å². The van der Waals surface area contributed by atoms with Crippen LogP contribution in [0.25, 0.3) is 0 Å². The van der Waals surface area contributed by atoms with Crippen molar-refractivity contribution in [3.8, 4) is 5.75 Å². The third-order valence-corrected chi connectivity index (χ3v) is 5.88. The topological polar surface area (TPSA) is 83.9 Å². The van der Waals surface area contributed by atoms with Crippen LogP contribution in [-0.2, 0) is 14.2 Å². The van der Waals surface area contributed by atoms with Crippen molar-refractivity contribution in [2.75, 3.05) is 93.0 Å². The van der Waals surface area contributed by atoms with E-state index in [-0.39, 0.29) is 12.0 Å². The van der Waals surface area contributed by atoms with Crippen molar-refractivity contribution in [2.45, 2.75) is 12.2 Å². The van der Waals surface area contributed by atoms with Crippen LogP contribution in [0.4, 0.5) is 0 Å². The number of morpholine rings is 2. The number of ether oxygens (including phenoxy) is 4. The number of rotatable bonds is 11. The van der Waals surface area contributed by atoms with Gasteiger partial charge in [0.05, 0.1) is 45.7 Å². The van der Waals surface area contributed by atoms with Crippen LogP contribution < -0.4 is 4.74 Å². The van der Waals surface area contributed by atoms with Gasteiger partial charge >= 0.3 is 0 Å². The van der Waals surface area contributed by atoms with Crippen LogP contribution in [0.3, 0.4) is 0 Å². The Labute approximate surface area is 190 Å². The number of aliphatic hydroxyl groups excluding tert-OH is 1. The Hall–Kier alpha value is -1.75. The normalized spacial score (nSPS) is 21.3. The molecule has 0 bridgehead atoms. The third-order valence-electron chi connectivity index (χ3n) is 5.88. The van der Waals surface area contributed by atoms with E-state index < -0.39 is 6.10 Å². The maximum absolute atomic E-state index is 13.1. The van der Waals surface area contributed by atoms with Gasteiger partial charge in [-0.05, 0) is 24.3 Å². The second-order valence-electron chi connectivity index (χ2n) is 8.29. The molecule has 0 aromatic heterocycles. The lowest BCUT2D eigenvalue weighted by Crippen LogP contribution is -2.52. The SMILES string of the molecule is COCCN(C[C@H]1CN(C[C@@H](O)CN2CCOCC2)CCO1)C(=O)c1ccc(OC)cc1. The van der Waals surface area contributed by atoms with Gasteiger partial charge in [0, 0.05) is 65.0 Å². The van der Waals surface area contributed by atoms with Crippen LogP contribution in [0.2, 0.25) is 0 Å². The Morgan fingerprint density at radius 3 is 2.50 bits per heavy atom. The van der Waals surface area contributed by atoms with Gasteiger partial charge in [0.2, 0.25) is 0 Å². The average Bonchev–Trinajstić information content (AvgIpc) is 2.82. The zero-order valence-electron chi connectivity index (χ0n) is 19.3. The molecule has 9 heteroatoms. The monoisotopic (exact) mass is 451 g/mol. The lowest BCUT2D eigenvalue weighted by Gasteiger charge is -2.37. The molecule has 3 rings (SSSR count). The molecule has 2 saturated heterocycles. The minimum atomic E-state index is -0.419. The Balaban J connectivity index is 1.53. The molecule has 2 atom stereocenters. The van der Waals surface area contributed by atoms with Crippen LogP contribution in [0.1, 0.15) is 10.4 Å². The van der Waals surface area contributed by atoms with Crippen molar-refractivity contribution in [3.63, 3.8) is 0 Å². The second-order valence-corrected chi connectivity index (χ2v) is 8.29. The van der Waals surface area contributed by atoms with Crippen molar-refractivity contribution in [1.29, 1.82) is 0 Å². The highest BCUT2D eigenvalue weighted by Crippen LogP contribution is 2.15. The van der Waals surface area contributed by atoms with E-state index in [9.17, 15) is 9.90 Å². The van der Waals surface area contributed by atoms with Crippen LogP contribution in [0.5, 0.6) is 5.75 Å². The standard InChI is InChI=1S/C23H37N3O6/c1-29-11-10-26(23(28)19-3-5-21(30-2)6-4-19)18-22-17-25(9-14-32-22)16-20(27)15-24-7-12-31-13-8-24/h3-6,20,22,27H,7-18H2,1-2H3/t20-,22+/m0/s1. The van der Waals surface area contributed by atoms with E-state index in [4.69, 9.17) is 18.9 Å². The number of carbonyl (C=O) groups excluding carboxylic acids is 1. The van der Waals surface area contributed by atoms with Crippen molar-refractivity contribution < 1.29 is 28.8 Å². The molecular weight excluding hydrogens is 414 g/mol. The molecule has 1 aromatic rings. The summed E-state index contributed by atoms with van der Waals surface area (Å²) in [5.41, 5.74) is 0.607. The summed E-state index contributed by atoms with van der Waals surface area (Å²) in [6, 6.07) is 7.13. The van der Waals surface area contributed by atoms with Gasteiger partial charge in [-0.3, -0.25) is 14.6 Å². The van der Waals surface area contributed by atoms with Crippen molar-refractivity contribution in [3.05, 3.63) is 29.8 Å². The number of amides is 1. The first-order chi connectivity index (χ1) is 15.6. The maximum atomic E-state index is 13.1. The van der Waals surface area contributed by atoms with Gasteiger partial charge in [-0.2, -0.15) is 0 Å². The first kappa shape index (κ1) is 24.9. The zero-order chi connectivity index (χ0) is 22.8. The molecule has 2 aliphatic heterocycles. The lowest BCUT2D eigenvalue weighted by atomic mass is 10.1. The predicted octanol–water partition coefficient (Wildman–Crippen LogP) is 0.178. The Kier molecular flexibility index (Phi) is 10.2.